The summed E-state index contributed by atoms with van der Waals surface area (Å²) in [5, 5.41) is 0. The number of hydrogen-bond donors (Lipinski definition) is 0. The lowest BCUT2D eigenvalue weighted by atomic mass is 9.97. The van der Waals surface area contributed by atoms with Crippen molar-refractivity contribution in [1.82, 2.24) is 0 Å². The summed E-state index contributed by atoms with van der Waals surface area (Å²) >= 11 is 0. The van der Waals surface area contributed by atoms with E-state index in [1.165, 1.54) is 0 Å². The van der Waals surface area contributed by atoms with E-state index in [0.717, 1.165) is 12.8 Å². The maximum absolute atomic E-state index is 11.5. The average Bonchev–Trinajstić information content (AvgIpc) is 2.14. The van der Waals surface area contributed by atoms with Crippen molar-refractivity contribution < 1.29 is 19.0 Å². The molecule has 0 bridgehead atoms. The molecular formula is C13H24O4. The first-order valence-electron chi connectivity index (χ1n) is 6.20. The second kappa shape index (κ2) is 5.36. The maximum atomic E-state index is 11.5. The van der Waals surface area contributed by atoms with Crippen LogP contribution in [0.4, 0.5) is 0 Å². The second-order valence-corrected chi connectivity index (χ2v) is 5.95. The number of hydrogen-bond acceptors (Lipinski definition) is 4. The van der Waals surface area contributed by atoms with Gasteiger partial charge in [0.2, 0.25) is 0 Å². The van der Waals surface area contributed by atoms with Crippen LogP contribution >= 0.6 is 0 Å². The number of carbonyl (C=O) groups excluding carboxylic acids is 1. The predicted octanol–water partition coefficient (Wildman–Crippen LogP) is 2.51. The molecule has 0 saturated carbocycles. The lowest BCUT2D eigenvalue weighted by Crippen LogP contribution is -2.40. The monoisotopic (exact) mass is 244 g/mol. The largest absolute Gasteiger partial charge is 0.465 e. The molecule has 0 spiro atoms. The molecule has 0 radical (unpaired) electrons. The number of esters is 1. The van der Waals surface area contributed by atoms with Gasteiger partial charge in [-0.3, -0.25) is 4.79 Å². The third-order valence-electron chi connectivity index (χ3n) is 2.63. The Hall–Kier alpha value is -0.610. The van der Waals surface area contributed by atoms with Gasteiger partial charge in [-0.1, -0.05) is 0 Å². The van der Waals surface area contributed by atoms with Crippen LogP contribution < -0.4 is 0 Å². The summed E-state index contributed by atoms with van der Waals surface area (Å²) in [5.74, 6) is -0.680. The van der Waals surface area contributed by atoms with Gasteiger partial charge in [0.25, 0.3) is 0 Å². The van der Waals surface area contributed by atoms with Crippen molar-refractivity contribution in [3.05, 3.63) is 0 Å². The van der Waals surface area contributed by atoms with Crippen LogP contribution in [0.3, 0.4) is 0 Å². The Morgan fingerprint density at radius 1 is 1.41 bits per heavy atom. The zero-order valence-electron chi connectivity index (χ0n) is 11.5. The lowest BCUT2D eigenvalue weighted by Gasteiger charge is -2.36. The van der Waals surface area contributed by atoms with Crippen LogP contribution in [0.1, 0.15) is 47.5 Å². The highest BCUT2D eigenvalue weighted by Gasteiger charge is 2.29. The molecule has 4 nitrogen and oxygen atoms in total. The topological polar surface area (TPSA) is 44.8 Å². The Morgan fingerprint density at radius 3 is 2.59 bits per heavy atom. The summed E-state index contributed by atoms with van der Waals surface area (Å²) in [4.78, 5) is 11.5. The minimum absolute atomic E-state index is 0.117. The number of rotatable bonds is 3. The summed E-state index contributed by atoms with van der Waals surface area (Å²) in [5.41, 5.74) is -0.435. The van der Waals surface area contributed by atoms with Crippen molar-refractivity contribution in [2.24, 2.45) is 5.41 Å². The van der Waals surface area contributed by atoms with Gasteiger partial charge in [0.05, 0.1) is 24.7 Å². The standard InChI is InChI=1S/C13H24O4/c1-12(2,3)11(14)15-8-6-10-7-9-16-13(4,5)17-10/h10H,6-9H2,1-5H3. The van der Waals surface area contributed by atoms with Gasteiger partial charge in [0.1, 0.15) is 0 Å². The van der Waals surface area contributed by atoms with Crippen LogP contribution in [0, 0.1) is 5.41 Å². The minimum Gasteiger partial charge on any atom is -0.465 e. The molecule has 100 valence electrons. The van der Waals surface area contributed by atoms with Crippen LogP contribution in [0.2, 0.25) is 0 Å². The van der Waals surface area contributed by atoms with E-state index < -0.39 is 11.2 Å². The zero-order chi connectivity index (χ0) is 13.1. The van der Waals surface area contributed by atoms with Gasteiger partial charge in [-0.2, -0.15) is 0 Å². The fourth-order valence-corrected chi connectivity index (χ4v) is 1.63. The van der Waals surface area contributed by atoms with Crippen molar-refractivity contribution in [2.75, 3.05) is 13.2 Å². The quantitative estimate of drug-likeness (QED) is 0.716. The zero-order valence-corrected chi connectivity index (χ0v) is 11.5. The molecule has 1 aliphatic heterocycles. The molecule has 1 rings (SSSR count). The summed E-state index contributed by atoms with van der Waals surface area (Å²) in [6, 6.07) is 0. The van der Waals surface area contributed by atoms with Gasteiger partial charge in [0.15, 0.2) is 5.79 Å². The van der Waals surface area contributed by atoms with Crippen molar-refractivity contribution >= 4 is 5.97 Å². The van der Waals surface area contributed by atoms with Gasteiger partial charge >= 0.3 is 5.97 Å². The fourth-order valence-electron chi connectivity index (χ4n) is 1.63. The van der Waals surface area contributed by atoms with Crippen molar-refractivity contribution in [3.63, 3.8) is 0 Å². The summed E-state index contributed by atoms with van der Waals surface area (Å²) in [6.45, 7) is 10.5. The normalized spacial score (nSPS) is 24.4. The molecule has 1 saturated heterocycles. The lowest BCUT2D eigenvalue weighted by molar-refractivity contribution is -0.274. The molecule has 0 aliphatic carbocycles. The Kier molecular flexibility index (Phi) is 4.55. The molecule has 1 aliphatic rings. The molecule has 0 aromatic rings. The molecule has 1 heterocycles. The van der Waals surface area contributed by atoms with E-state index in [0.29, 0.717) is 13.2 Å². The highest BCUT2D eigenvalue weighted by atomic mass is 16.7. The van der Waals surface area contributed by atoms with Gasteiger partial charge in [0, 0.05) is 6.42 Å². The van der Waals surface area contributed by atoms with E-state index in [2.05, 4.69) is 0 Å². The van der Waals surface area contributed by atoms with Crippen molar-refractivity contribution in [2.45, 2.75) is 59.4 Å². The van der Waals surface area contributed by atoms with E-state index in [1.54, 1.807) is 0 Å². The third kappa shape index (κ3) is 5.04. The number of ether oxygens (including phenoxy) is 3. The van der Waals surface area contributed by atoms with Crippen molar-refractivity contribution in [3.8, 4) is 0 Å². The van der Waals surface area contributed by atoms with Gasteiger partial charge < -0.3 is 14.2 Å². The molecule has 1 fully saturated rings. The van der Waals surface area contributed by atoms with E-state index in [1.807, 2.05) is 34.6 Å². The minimum atomic E-state index is -0.517. The Morgan fingerprint density at radius 2 is 2.06 bits per heavy atom. The van der Waals surface area contributed by atoms with Crippen LogP contribution in [0.25, 0.3) is 0 Å². The predicted molar refractivity (Wildman–Crippen MR) is 64.6 cm³/mol. The molecule has 0 N–H and O–H groups in total. The van der Waals surface area contributed by atoms with E-state index in [4.69, 9.17) is 14.2 Å². The summed E-state index contributed by atoms with van der Waals surface area (Å²) in [6.07, 6.45) is 1.71. The first kappa shape index (κ1) is 14.5. The Balaban J connectivity index is 2.25. The first-order valence-corrected chi connectivity index (χ1v) is 6.20. The van der Waals surface area contributed by atoms with Gasteiger partial charge in [-0.05, 0) is 41.0 Å². The SMILES string of the molecule is CC1(C)OCCC(CCOC(=O)C(C)(C)C)O1. The Labute approximate surface area is 104 Å². The maximum Gasteiger partial charge on any atom is 0.311 e. The van der Waals surface area contributed by atoms with E-state index in [-0.39, 0.29) is 12.1 Å². The van der Waals surface area contributed by atoms with Crippen LogP contribution in [0.15, 0.2) is 0 Å². The highest BCUT2D eigenvalue weighted by Crippen LogP contribution is 2.24. The van der Waals surface area contributed by atoms with Crippen LogP contribution in [0.5, 0.6) is 0 Å². The summed E-state index contributed by atoms with van der Waals surface area (Å²) in [7, 11) is 0. The second-order valence-electron chi connectivity index (χ2n) is 5.95. The molecule has 17 heavy (non-hydrogen) atoms. The molecule has 0 aromatic carbocycles. The molecular weight excluding hydrogens is 220 g/mol. The average molecular weight is 244 g/mol. The van der Waals surface area contributed by atoms with Crippen LogP contribution in [-0.4, -0.2) is 31.1 Å². The molecule has 4 heteroatoms. The highest BCUT2D eigenvalue weighted by molar-refractivity contribution is 5.75. The summed E-state index contributed by atoms with van der Waals surface area (Å²) < 4.78 is 16.4. The third-order valence-corrected chi connectivity index (χ3v) is 2.63. The molecule has 0 aromatic heterocycles. The Bertz CT molecular complexity index is 265. The van der Waals surface area contributed by atoms with Crippen LogP contribution in [-0.2, 0) is 19.0 Å². The van der Waals surface area contributed by atoms with Crippen molar-refractivity contribution in [1.29, 1.82) is 0 Å². The molecule has 1 atom stereocenters. The van der Waals surface area contributed by atoms with E-state index >= 15 is 0 Å². The molecule has 0 amide bonds. The van der Waals surface area contributed by atoms with Gasteiger partial charge in [-0.15, -0.1) is 0 Å². The fraction of sp³-hybridized carbons (Fsp3) is 0.923. The smallest absolute Gasteiger partial charge is 0.311 e. The number of carbonyl (C=O) groups is 1. The van der Waals surface area contributed by atoms with Gasteiger partial charge in [-0.25, -0.2) is 0 Å². The first-order chi connectivity index (χ1) is 7.71. The van der Waals surface area contributed by atoms with E-state index in [9.17, 15) is 4.79 Å². The molecule has 1 unspecified atom stereocenters.